The molecule has 5 heteroatoms. The largest absolute Gasteiger partial charge is 0.463 e. The summed E-state index contributed by atoms with van der Waals surface area (Å²) < 4.78 is 10.3. The minimum atomic E-state index is -0.510. The van der Waals surface area contributed by atoms with Crippen molar-refractivity contribution in [2.45, 2.75) is 59.1 Å². The second-order valence-corrected chi connectivity index (χ2v) is 5.95. The van der Waals surface area contributed by atoms with Gasteiger partial charge in [0.25, 0.3) is 0 Å². The molecule has 0 unspecified atom stereocenters. The van der Waals surface area contributed by atoms with Gasteiger partial charge in [0.15, 0.2) is 0 Å². The Kier molecular flexibility index (Phi) is 5.60. The summed E-state index contributed by atoms with van der Waals surface area (Å²) in [5, 5.41) is 0. The highest BCUT2D eigenvalue weighted by atomic mass is 16.6. The zero-order valence-electron chi connectivity index (χ0n) is 13.1. The first-order chi connectivity index (χ1) is 9.24. The van der Waals surface area contributed by atoms with E-state index in [-0.39, 0.29) is 18.1 Å². The molecule has 1 amide bonds. The van der Waals surface area contributed by atoms with Gasteiger partial charge in [-0.15, -0.1) is 0 Å². The van der Waals surface area contributed by atoms with Crippen LogP contribution in [0.2, 0.25) is 0 Å². The molecular weight excluding hydrogens is 258 g/mol. The summed E-state index contributed by atoms with van der Waals surface area (Å²) in [6, 6.07) is -0.0887. The van der Waals surface area contributed by atoms with Crippen LogP contribution in [0.25, 0.3) is 0 Å². The maximum Gasteiger partial charge on any atom is 0.410 e. The van der Waals surface area contributed by atoms with Crippen molar-refractivity contribution in [2.75, 3.05) is 13.2 Å². The van der Waals surface area contributed by atoms with Gasteiger partial charge in [-0.2, -0.15) is 0 Å². The average Bonchev–Trinajstić information content (AvgIpc) is 2.75. The maximum absolute atomic E-state index is 12.1. The van der Waals surface area contributed by atoms with Crippen molar-refractivity contribution in [1.29, 1.82) is 0 Å². The molecule has 0 N–H and O–H groups in total. The number of esters is 1. The summed E-state index contributed by atoms with van der Waals surface area (Å²) in [4.78, 5) is 25.4. The topological polar surface area (TPSA) is 55.8 Å². The summed E-state index contributed by atoms with van der Waals surface area (Å²) in [5.74, 6) is -0.330. The fourth-order valence-corrected chi connectivity index (χ4v) is 2.11. The van der Waals surface area contributed by atoms with Crippen LogP contribution in [0, 0.1) is 0 Å². The molecule has 1 rings (SSSR count). The standard InChI is InChI=1S/C15H25NO4/c1-6-19-13(17)11(2)10-12-8-7-9-16(12)14(18)20-15(3,4)5/h10,12H,6-9H2,1-5H3/b11-10-/t12-/m0/s1. The third-order valence-corrected chi connectivity index (χ3v) is 2.97. The molecule has 1 aliphatic rings. The number of ether oxygens (including phenoxy) is 2. The first-order valence-electron chi connectivity index (χ1n) is 7.09. The van der Waals surface area contributed by atoms with E-state index in [2.05, 4.69) is 0 Å². The van der Waals surface area contributed by atoms with Gasteiger partial charge in [0.05, 0.1) is 12.6 Å². The van der Waals surface area contributed by atoms with Crippen molar-refractivity contribution in [3.05, 3.63) is 11.6 Å². The van der Waals surface area contributed by atoms with Gasteiger partial charge in [0, 0.05) is 12.1 Å². The van der Waals surface area contributed by atoms with Crippen LogP contribution >= 0.6 is 0 Å². The van der Waals surface area contributed by atoms with Gasteiger partial charge in [0.2, 0.25) is 0 Å². The predicted octanol–water partition coefficient (Wildman–Crippen LogP) is 2.90. The number of hydrogen-bond donors (Lipinski definition) is 0. The normalized spacial score (nSPS) is 19.9. The fourth-order valence-electron chi connectivity index (χ4n) is 2.11. The summed E-state index contributed by atoms with van der Waals surface area (Å²) in [6.45, 7) is 10.0. The molecule has 5 nitrogen and oxygen atoms in total. The van der Waals surface area contributed by atoms with E-state index in [1.54, 1.807) is 24.8 Å². The van der Waals surface area contributed by atoms with Gasteiger partial charge in [0.1, 0.15) is 5.60 Å². The molecular formula is C15H25NO4. The van der Waals surface area contributed by atoms with E-state index in [9.17, 15) is 9.59 Å². The van der Waals surface area contributed by atoms with E-state index in [1.807, 2.05) is 20.8 Å². The Labute approximate surface area is 120 Å². The molecule has 0 radical (unpaired) electrons. The lowest BCUT2D eigenvalue weighted by Crippen LogP contribution is -2.39. The Morgan fingerprint density at radius 1 is 1.35 bits per heavy atom. The molecule has 1 atom stereocenters. The number of likely N-dealkylation sites (tertiary alicyclic amines) is 1. The highest BCUT2D eigenvalue weighted by Gasteiger charge is 2.31. The predicted molar refractivity (Wildman–Crippen MR) is 76.4 cm³/mol. The van der Waals surface area contributed by atoms with Crippen LogP contribution in [0.5, 0.6) is 0 Å². The number of amides is 1. The average molecular weight is 283 g/mol. The molecule has 0 aromatic carbocycles. The molecule has 114 valence electrons. The number of rotatable bonds is 3. The van der Waals surface area contributed by atoms with E-state index in [1.165, 1.54) is 0 Å². The van der Waals surface area contributed by atoms with E-state index in [0.717, 1.165) is 12.8 Å². The van der Waals surface area contributed by atoms with E-state index in [4.69, 9.17) is 9.47 Å². The second-order valence-electron chi connectivity index (χ2n) is 5.95. The number of carbonyl (C=O) groups is 2. The van der Waals surface area contributed by atoms with E-state index < -0.39 is 5.60 Å². The fraction of sp³-hybridized carbons (Fsp3) is 0.733. The van der Waals surface area contributed by atoms with Crippen LogP contribution < -0.4 is 0 Å². The van der Waals surface area contributed by atoms with Crippen LogP contribution in [0.1, 0.15) is 47.5 Å². The lowest BCUT2D eigenvalue weighted by molar-refractivity contribution is -0.138. The first kappa shape index (κ1) is 16.5. The molecule has 0 aromatic rings. The summed E-state index contributed by atoms with van der Waals surface area (Å²) in [7, 11) is 0. The maximum atomic E-state index is 12.1. The van der Waals surface area contributed by atoms with E-state index >= 15 is 0 Å². The van der Waals surface area contributed by atoms with Crippen molar-refractivity contribution >= 4 is 12.1 Å². The third-order valence-electron chi connectivity index (χ3n) is 2.97. The lowest BCUT2D eigenvalue weighted by atomic mass is 10.1. The zero-order chi connectivity index (χ0) is 15.3. The van der Waals surface area contributed by atoms with Crippen LogP contribution in [0.15, 0.2) is 11.6 Å². The molecule has 0 bridgehead atoms. The quantitative estimate of drug-likeness (QED) is 0.590. The van der Waals surface area contributed by atoms with Crippen molar-refractivity contribution in [1.82, 2.24) is 4.90 Å². The van der Waals surface area contributed by atoms with Crippen LogP contribution in [0.4, 0.5) is 4.79 Å². The monoisotopic (exact) mass is 283 g/mol. The summed E-state index contributed by atoms with van der Waals surface area (Å²) in [6.07, 6.45) is 3.23. The summed E-state index contributed by atoms with van der Waals surface area (Å²) >= 11 is 0. The van der Waals surface area contributed by atoms with Gasteiger partial charge in [-0.25, -0.2) is 9.59 Å². The molecule has 0 saturated carbocycles. The summed E-state index contributed by atoms with van der Waals surface area (Å²) in [5.41, 5.74) is 0.0247. The minimum absolute atomic E-state index is 0.0887. The number of nitrogens with zero attached hydrogens (tertiary/aromatic N) is 1. The van der Waals surface area contributed by atoms with Crippen molar-refractivity contribution in [2.24, 2.45) is 0 Å². The highest BCUT2D eigenvalue weighted by molar-refractivity contribution is 5.88. The van der Waals surface area contributed by atoms with Gasteiger partial charge < -0.3 is 14.4 Å². The Morgan fingerprint density at radius 2 is 2.00 bits per heavy atom. The Morgan fingerprint density at radius 3 is 2.55 bits per heavy atom. The van der Waals surface area contributed by atoms with Gasteiger partial charge in [-0.05, 0) is 47.5 Å². The smallest absolute Gasteiger partial charge is 0.410 e. The molecule has 1 aliphatic heterocycles. The Balaban J connectivity index is 2.72. The van der Waals surface area contributed by atoms with Crippen molar-refractivity contribution in [3.8, 4) is 0 Å². The van der Waals surface area contributed by atoms with Gasteiger partial charge >= 0.3 is 12.1 Å². The van der Waals surface area contributed by atoms with Crippen LogP contribution in [0.3, 0.4) is 0 Å². The van der Waals surface area contributed by atoms with Crippen molar-refractivity contribution < 1.29 is 19.1 Å². The van der Waals surface area contributed by atoms with Crippen molar-refractivity contribution in [3.63, 3.8) is 0 Å². The molecule has 1 heterocycles. The Hall–Kier alpha value is -1.52. The van der Waals surface area contributed by atoms with Crippen LogP contribution in [-0.2, 0) is 14.3 Å². The molecule has 0 aromatic heterocycles. The minimum Gasteiger partial charge on any atom is -0.463 e. The third kappa shape index (κ3) is 4.87. The van der Waals surface area contributed by atoms with E-state index in [0.29, 0.717) is 18.7 Å². The Bertz CT molecular complexity index is 395. The molecule has 20 heavy (non-hydrogen) atoms. The highest BCUT2D eigenvalue weighted by Crippen LogP contribution is 2.22. The second kappa shape index (κ2) is 6.77. The SMILES string of the molecule is CCOC(=O)/C(C)=C\[C@@H]1CCCN1C(=O)OC(C)(C)C. The molecule has 0 aliphatic carbocycles. The van der Waals surface area contributed by atoms with Crippen LogP contribution in [-0.4, -0.2) is 41.8 Å². The zero-order valence-corrected chi connectivity index (χ0v) is 13.1. The molecule has 1 saturated heterocycles. The number of carbonyl (C=O) groups excluding carboxylic acids is 2. The first-order valence-corrected chi connectivity index (χ1v) is 7.09. The lowest BCUT2D eigenvalue weighted by Gasteiger charge is -2.27. The molecule has 1 fully saturated rings. The molecule has 0 spiro atoms. The van der Waals surface area contributed by atoms with Gasteiger partial charge in [-0.1, -0.05) is 6.08 Å². The van der Waals surface area contributed by atoms with Gasteiger partial charge in [-0.3, -0.25) is 0 Å². The number of hydrogen-bond acceptors (Lipinski definition) is 4.